The van der Waals surface area contributed by atoms with Crippen LogP contribution in [0.25, 0.3) is 0 Å². The van der Waals surface area contributed by atoms with Crippen LogP contribution in [0.15, 0.2) is 22.9 Å². The van der Waals surface area contributed by atoms with Crippen molar-refractivity contribution < 1.29 is 9.21 Å². The molecule has 0 saturated carbocycles. The van der Waals surface area contributed by atoms with Crippen LogP contribution in [0.1, 0.15) is 21.8 Å². The van der Waals surface area contributed by atoms with Crippen LogP contribution in [-0.4, -0.2) is 20.8 Å². The standard InChI is InChI=1S/C10H11N3O2/c1-7-3-8(6-15-7)10(14)4-9-5-13(2)12-11-9/h3,5-6H,4H2,1-2H3. The maximum Gasteiger partial charge on any atom is 0.172 e. The molecule has 0 amide bonds. The van der Waals surface area contributed by atoms with E-state index in [1.54, 1.807) is 30.9 Å². The molecule has 0 N–H and O–H groups in total. The molecule has 2 aromatic heterocycles. The minimum atomic E-state index is -0.00708. The molecular weight excluding hydrogens is 194 g/mol. The minimum Gasteiger partial charge on any atom is -0.469 e. The van der Waals surface area contributed by atoms with Crippen molar-refractivity contribution >= 4 is 5.78 Å². The molecule has 0 aliphatic rings. The van der Waals surface area contributed by atoms with Crippen molar-refractivity contribution in [3.05, 3.63) is 35.5 Å². The quantitative estimate of drug-likeness (QED) is 0.705. The van der Waals surface area contributed by atoms with Crippen LogP contribution in [0.4, 0.5) is 0 Å². The number of hydrogen-bond acceptors (Lipinski definition) is 4. The number of hydrogen-bond donors (Lipinski definition) is 0. The van der Waals surface area contributed by atoms with Crippen molar-refractivity contribution in [2.45, 2.75) is 13.3 Å². The largest absolute Gasteiger partial charge is 0.469 e. The Balaban J connectivity index is 2.10. The number of furan rings is 1. The summed E-state index contributed by atoms with van der Waals surface area (Å²) in [5.41, 5.74) is 1.25. The van der Waals surface area contributed by atoms with Crippen molar-refractivity contribution in [2.24, 2.45) is 7.05 Å². The Kier molecular flexibility index (Phi) is 2.37. The first kappa shape index (κ1) is 9.64. The average Bonchev–Trinajstić information content (AvgIpc) is 2.75. The lowest BCUT2D eigenvalue weighted by molar-refractivity contribution is 0.0991. The Labute approximate surface area is 86.7 Å². The normalized spacial score (nSPS) is 10.5. The van der Waals surface area contributed by atoms with Gasteiger partial charge in [-0.25, -0.2) is 0 Å². The Bertz CT molecular complexity index is 484. The van der Waals surface area contributed by atoms with Crippen LogP contribution in [0.2, 0.25) is 0 Å². The molecule has 5 heteroatoms. The molecule has 0 aliphatic carbocycles. The third-order valence-electron chi connectivity index (χ3n) is 2.04. The van der Waals surface area contributed by atoms with Crippen LogP contribution >= 0.6 is 0 Å². The highest BCUT2D eigenvalue weighted by Gasteiger charge is 2.11. The van der Waals surface area contributed by atoms with Crippen molar-refractivity contribution in [1.82, 2.24) is 15.0 Å². The summed E-state index contributed by atoms with van der Waals surface area (Å²) in [5, 5.41) is 7.61. The maximum atomic E-state index is 11.7. The fourth-order valence-electron chi connectivity index (χ4n) is 1.33. The van der Waals surface area contributed by atoms with E-state index in [1.807, 2.05) is 0 Å². The minimum absolute atomic E-state index is 0.00708. The summed E-state index contributed by atoms with van der Waals surface area (Å²) in [7, 11) is 1.77. The SMILES string of the molecule is Cc1cc(C(=O)Cc2cn(C)nn2)co1. The zero-order valence-electron chi connectivity index (χ0n) is 8.60. The van der Waals surface area contributed by atoms with Gasteiger partial charge in [0.05, 0.1) is 17.7 Å². The number of carbonyl (C=O) groups is 1. The van der Waals surface area contributed by atoms with Crippen molar-refractivity contribution in [3.8, 4) is 0 Å². The molecule has 0 radical (unpaired) electrons. The van der Waals surface area contributed by atoms with Gasteiger partial charge in [-0.2, -0.15) is 0 Å². The topological polar surface area (TPSA) is 60.9 Å². The highest BCUT2D eigenvalue weighted by atomic mass is 16.3. The van der Waals surface area contributed by atoms with E-state index in [0.29, 0.717) is 11.3 Å². The first-order valence-electron chi connectivity index (χ1n) is 4.58. The monoisotopic (exact) mass is 205 g/mol. The second-order valence-corrected chi connectivity index (χ2v) is 3.43. The highest BCUT2D eigenvalue weighted by Crippen LogP contribution is 2.09. The molecule has 78 valence electrons. The number of rotatable bonds is 3. The summed E-state index contributed by atoms with van der Waals surface area (Å²) in [6.07, 6.45) is 3.45. The molecule has 0 spiro atoms. The molecule has 0 aromatic carbocycles. The van der Waals surface area contributed by atoms with E-state index in [-0.39, 0.29) is 12.2 Å². The van der Waals surface area contributed by atoms with Gasteiger partial charge >= 0.3 is 0 Å². The lowest BCUT2D eigenvalue weighted by Gasteiger charge is -1.91. The van der Waals surface area contributed by atoms with E-state index in [9.17, 15) is 4.79 Å². The summed E-state index contributed by atoms with van der Waals surface area (Å²) in [6, 6.07) is 1.72. The number of nitrogens with zero attached hydrogens (tertiary/aromatic N) is 3. The van der Waals surface area contributed by atoms with Crippen LogP contribution in [0.3, 0.4) is 0 Å². The molecular formula is C10H11N3O2. The van der Waals surface area contributed by atoms with E-state index in [4.69, 9.17) is 4.42 Å². The van der Waals surface area contributed by atoms with Gasteiger partial charge < -0.3 is 4.42 Å². The van der Waals surface area contributed by atoms with E-state index in [1.165, 1.54) is 6.26 Å². The third-order valence-corrected chi connectivity index (χ3v) is 2.04. The molecule has 5 nitrogen and oxygen atoms in total. The summed E-state index contributed by atoms with van der Waals surface area (Å²) < 4.78 is 6.64. The van der Waals surface area contributed by atoms with Gasteiger partial charge in [-0.05, 0) is 13.0 Å². The predicted octanol–water partition coefficient (Wildman–Crippen LogP) is 1.14. The molecule has 0 bridgehead atoms. The Morgan fingerprint density at radius 1 is 1.60 bits per heavy atom. The lowest BCUT2D eigenvalue weighted by atomic mass is 10.1. The fraction of sp³-hybridized carbons (Fsp3) is 0.300. The summed E-state index contributed by atoms with van der Waals surface area (Å²) in [6.45, 7) is 1.80. The number of carbonyl (C=O) groups excluding carboxylic acids is 1. The molecule has 0 aliphatic heterocycles. The van der Waals surface area contributed by atoms with Crippen LogP contribution in [-0.2, 0) is 13.5 Å². The molecule has 0 atom stereocenters. The van der Waals surface area contributed by atoms with Gasteiger partial charge in [-0.1, -0.05) is 5.21 Å². The van der Waals surface area contributed by atoms with Gasteiger partial charge in [0, 0.05) is 13.2 Å². The van der Waals surface area contributed by atoms with Gasteiger partial charge in [-0.15, -0.1) is 5.10 Å². The first-order chi connectivity index (χ1) is 7.15. The number of ketones is 1. The molecule has 2 heterocycles. The van der Waals surface area contributed by atoms with Gasteiger partial charge in [-0.3, -0.25) is 9.48 Å². The summed E-state index contributed by atoms with van der Waals surface area (Å²) in [5.74, 6) is 0.727. The second kappa shape index (κ2) is 3.68. The van der Waals surface area contributed by atoms with Gasteiger partial charge in [0.15, 0.2) is 5.78 Å². The van der Waals surface area contributed by atoms with Crippen molar-refractivity contribution in [3.63, 3.8) is 0 Å². The van der Waals surface area contributed by atoms with E-state index in [0.717, 1.165) is 5.76 Å². The Morgan fingerprint density at radius 2 is 2.40 bits per heavy atom. The van der Waals surface area contributed by atoms with Crippen molar-refractivity contribution in [1.29, 1.82) is 0 Å². The van der Waals surface area contributed by atoms with Crippen LogP contribution in [0.5, 0.6) is 0 Å². The molecule has 2 aromatic rings. The highest BCUT2D eigenvalue weighted by molar-refractivity contribution is 5.97. The Hall–Kier alpha value is -1.91. The fourth-order valence-corrected chi connectivity index (χ4v) is 1.33. The second-order valence-electron chi connectivity index (χ2n) is 3.43. The molecule has 0 fully saturated rings. The van der Waals surface area contributed by atoms with E-state index in [2.05, 4.69) is 10.3 Å². The van der Waals surface area contributed by atoms with Gasteiger partial charge in [0.1, 0.15) is 12.0 Å². The van der Waals surface area contributed by atoms with Gasteiger partial charge in [0.2, 0.25) is 0 Å². The third kappa shape index (κ3) is 2.12. The Morgan fingerprint density at radius 3 is 2.93 bits per heavy atom. The average molecular weight is 205 g/mol. The van der Waals surface area contributed by atoms with Crippen LogP contribution < -0.4 is 0 Å². The molecule has 0 saturated heterocycles. The zero-order valence-corrected chi connectivity index (χ0v) is 8.60. The van der Waals surface area contributed by atoms with Crippen LogP contribution in [0, 0.1) is 6.92 Å². The summed E-state index contributed by atoms with van der Waals surface area (Å²) >= 11 is 0. The molecule has 0 unspecified atom stereocenters. The van der Waals surface area contributed by atoms with Crippen molar-refractivity contribution in [2.75, 3.05) is 0 Å². The number of aromatic nitrogens is 3. The van der Waals surface area contributed by atoms with E-state index < -0.39 is 0 Å². The smallest absolute Gasteiger partial charge is 0.172 e. The first-order valence-corrected chi connectivity index (χ1v) is 4.58. The zero-order chi connectivity index (χ0) is 10.8. The predicted molar refractivity (Wildman–Crippen MR) is 52.5 cm³/mol. The van der Waals surface area contributed by atoms with Gasteiger partial charge in [0.25, 0.3) is 0 Å². The number of aryl methyl sites for hydroxylation is 2. The maximum absolute atomic E-state index is 11.7. The summed E-state index contributed by atoms with van der Waals surface area (Å²) in [4.78, 5) is 11.7. The molecule has 15 heavy (non-hydrogen) atoms. The van der Waals surface area contributed by atoms with E-state index >= 15 is 0 Å². The number of Topliss-reactive ketones (excluding diaryl/α,β-unsaturated/α-hetero) is 1. The molecule has 2 rings (SSSR count). The lowest BCUT2D eigenvalue weighted by Crippen LogP contribution is -2.02.